The van der Waals surface area contributed by atoms with Gasteiger partial charge in [-0.3, -0.25) is 4.79 Å². The molecule has 5 heteroatoms. The molecule has 0 heterocycles. The lowest BCUT2D eigenvalue weighted by Crippen LogP contribution is -2.45. The summed E-state index contributed by atoms with van der Waals surface area (Å²) in [4.78, 5) is 25.6. The van der Waals surface area contributed by atoms with E-state index in [1.54, 1.807) is 24.3 Å². The van der Waals surface area contributed by atoms with Gasteiger partial charge in [0.25, 0.3) is 0 Å². The average molecular weight is 484 g/mol. The number of carboxylic acids is 1. The SMILES string of the molecule is O=C(CC(c1ccccc1)(c1ccccc1)c1ccccc1)N[C@H](Cc1ccccc1Cl)C(=O)O. The van der Waals surface area contributed by atoms with Crippen LogP contribution in [0.2, 0.25) is 5.02 Å². The fraction of sp³-hybridized carbons (Fsp3) is 0.133. The van der Waals surface area contributed by atoms with Crippen molar-refractivity contribution < 1.29 is 14.7 Å². The first-order chi connectivity index (χ1) is 17.0. The third-order valence-corrected chi connectivity index (χ3v) is 6.61. The van der Waals surface area contributed by atoms with Crippen LogP contribution in [0.4, 0.5) is 0 Å². The highest BCUT2D eigenvalue weighted by atomic mass is 35.5. The summed E-state index contributed by atoms with van der Waals surface area (Å²) in [6.07, 6.45) is 0.132. The standard InChI is InChI=1S/C30H26ClNO3/c31-26-19-11-10-12-22(26)20-27(29(34)35)32-28(33)21-30(23-13-4-1-5-14-23,24-15-6-2-7-16-24)25-17-8-3-9-18-25/h1-19,27H,20-21H2,(H,32,33)(H,34,35)/t27-/m1/s1. The van der Waals surface area contributed by atoms with E-state index in [9.17, 15) is 14.7 Å². The van der Waals surface area contributed by atoms with Gasteiger partial charge in [-0.15, -0.1) is 0 Å². The molecule has 0 aliphatic heterocycles. The van der Waals surface area contributed by atoms with Crippen molar-refractivity contribution in [2.45, 2.75) is 24.3 Å². The summed E-state index contributed by atoms with van der Waals surface area (Å²) in [5.74, 6) is -1.47. The summed E-state index contributed by atoms with van der Waals surface area (Å²) in [6.45, 7) is 0. The smallest absolute Gasteiger partial charge is 0.326 e. The summed E-state index contributed by atoms with van der Waals surface area (Å²) in [5.41, 5.74) is 2.71. The van der Waals surface area contributed by atoms with Crippen molar-refractivity contribution in [3.63, 3.8) is 0 Å². The third-order valence-electron chi connectivity index (χ3n) is 6.24. The Bertz CT molecular complexity index is 1180. The Kier molecular flexibility index (Phi) is 7.64. The molecule has 0 radical (unpaired) electrons. The van der Waals surface area contributed by atoms with E-state index in [1.165, 1.54) is 0 Å². The topological polar surface area (TPSA) is 66.4 Å². The van der Waals surface area contributed by atoms with Gasteiger partial charge in [-0.05, 0) is 28.3 Å². The van der Waals surface area contributed by atoms with Crippen molar-refractivity contribution in [1.82, 2.24) is 5.32 Å². The van der Waals surface area contributed by atoms with E-state index in [1.807, 2.05) is 91.0 Å². The van der Waals surface area contributed by atoms with Crippen LogP contribution in [-0.4, -0.2) is 23.0 Å². The van der Waals surface area contributed by atoms with E-state index < -0.39 is 17.4 Å². The molecule has 0 spiro atoms. The molecule has 4 aromatic carbocycles. The van der Waals surface area contributed by atoms with Gasteiger partial charge >= 0.3 is 5.97 Å². The van der Waals surface area contributed by atoms with Gasteiger partial charge < -0.3 is 10.4 Å². The minimum Gasteiger partial charge on any atom is -0.480 e. The summed E-state index contributed by atoms with van der Waals surface area (Å²) in [5, 5.41) is 13.1. The molecule has 0 saturated heterocycles. The Morgan fingerprint density at radius 2 is 1.14 bits per heavy atom. The molecule has 35 heavy (non-hydrogen) atoms. The number of aliphatic carboxylic acids is 1. The van der Waals surface area contributed by atoms with Gasteiger partial charge in [-0.25, -0.2) is 4.79 Å². The molecule has 4 nitrogen and oxygen atoms in total. The van der Waals surface area contributed by atoms with Gasteiger partial charge in [0.1, 0.15) is 6.04 Å². The second-order valence-corrected chi connectivity index (χ2v) is 8.84. The van der Waals surface area contributed by atoms with Crippen molar-refractivity contribution in [1.29, 1.82) is 0 Å². The van der Waals surface area contributed by atoms with E-state index in [-0.39, 0.29) is 18.7 Å². The number of hydrogen-bond acceptors (Lipinski definition) is 2. The molecule has 0 bridgehead atoms. The largest absolute Gasteiger partial charge is 0.480 e. The maximum absolute atomic E-state index is 13.6. The van der Waals surface area contributed by atoms with Gasteiger partial charge in [-0.1, -0.05) is 121 Å². The van der Waals surface area contributed by atoms with Gasteiger partial charge in [0, 0.05) is 17.9 Å². The Balaban J connectivity index is 1.74. The maximum Gasteiger partial charge on any atom is 0.326 e. The predicted molar refractivity (Wildman–Crippen MR) is 139 cm³/mol. The molecular formula is C30H26ClNO3. The Morgan fingerprint density at radius 3 is 1.57 bits per heavy atom. The minimum atomic E-state index is -1.11. The number of hydrogen-bond donors (Lipinski definition) is 2. The Hall–Kier alpha value is -3.89. The van der Waals surface area contributed by atoms with E-state index in [2.05, 4.69) is 5.32 Å². The van der Waals surface area contributed by atoms with Crippen LogP contribution in [0.15, 0.2) is 115 Å². The molecule has 2 N–H and O–H groups in total. The molecule has 4 rings (SSSR count). The van der Waals surface area contributed by atoms with E-state index in [0.717, 1.165) is 16.7 Å². The number of nitrogens with one attached hydrogen (secondary N) is 1. The van der Waals surface area contributed by atoms with Crippen molar-refractivity contribution >= 4 is 23.5 Å². The second-order valence-electron chi connectivity index (χ2n) is 8.43. The second kappa shape index (κ2) is 11.0. The minimum absolute atomic E-state index is 0.0390. The van der Waals surface area contributed by atoms with Crippen molar-refractivity contribution in [2.24, 2.45) is 0 Å². The zero-order chi connectivity index (χ0) is 24.7. The molecule has 176 valence electrons. The molecular weight excluding hydrogens is 458 g/mol. The number of carboxylic acid groups (broad SMARTS) is 1. The molecule has 0 saturated carbocycles. The predicted octanol–water partition coefficient (Wildman–Crippen LogP) is 5.88. The maximum atomic E-state index is 13.6. The highest BCUT2D eigenvalue weighted by molar-refractivity contribution is 6.31. The number of carbonyl (C=O) groups is 2. The molecule has 0 fully saturated rings. The highest BCUT2D eigenvalue weighted by Gasteiger charge is 2.39. The average Bonchev–Trinajstić information content (AvgIpc) is 2.89. The normalized spacial score (nSPS) is 12.0. The first kappa shape index (κ1) is 24.2. The number of carbonyl (C=O) groups excluding carboxylic acids is 1. The van der Waals surface area contributed by atoms with Crippen LogP contribution >= 0.6 is 11.6 Å². The molecule has 1 atom stereocenters. The molecule has 1 amide bonds. The van der Waals surface area contributed by atoms with Crippen LogP contribution in [0.25, 0.3) is 0 Å². The number of halogens is 1. The van der Waals surface area contributed by atoms with Crippen LogP contribution in [0.5, 0.6) is 0 Å². The van der Waals surface area contributed by atoms with Crippen molar-refractivity contribution in [3.05, 3.63) is 143 Å². The first-order valence-electron chi connectivity index (χ1n) is 11.4. The van der Waals surface area contributed by atoms with Gasteiger partial charge in [-0.2, -0.15) is 0 Å². The highest BCUT2D eigenvalue weighted by Crippen LogP contribution is 2.42. The zero-order valence-corrected chi connectivity index (χ0v) is 19.9. The zero-order valence-electron chi connectivity index (χ0n) is 19.1. The molecule has 0 aliphatic carbocycles. The Labute approximate surface area is 210 Å². The fourth-order valence-corrected chi connectivity index (χ4v) is 4.76. The molecule has 0 unspecified atom stereocenters. The lowest BCUT2D eigenvalue weighted by atomic mass is 9.67. The first-order valence-corrected chi connectivity index (χ1v) is 11.8. The lowest BCUT2D eigenvalue weighted by molar-refractivity contribution is -0.141. The molecule has 0 aliphatic rings. The van der Waals surface area contributed by atoms with Crippen LogP contribution in [0.3, 0.4) is 0 Å². The van der Waals surface area contributed by atoms with Crippen molar-refractivity contribution in [2.75, 3.05) is 0 Å². The van der Waals surface area contributed by atoms with Crippen molar-refractivity contribution in [3.8, 4) is 0 Å². The summed E-state index contributed by atoms with van der Waals surface area (Å²) in [6, 6.07) is 35.5. The third kappa shape index (κ3) is 5.44. The van der Waals surface area contributed by atoms with E-state index in [0.29, 0.717) is 10.6 Å². The lowest BCUT2D eigenvalue weighted by Gasteiger charge is -2.36. The number of benzene rings is 4. The number of rotatable bonds is 9. The van der Waals surface area contributed by atoms with Crippen LogP contribution in [0, 0.1) is 0 Å². The summed E-state index contributed by atoms with van der Waals surface area (Å²) in [7, 11) is 0. The monoisotopic (exact) mass is 483 g/mol. The van der Waals surface area contributed by atoms with Gasteiger partial charge in [0.05, 0.1) is 5.41 Å². The van der Waals surface area contributed by atoms with Gasteiger partial charge in [0.2, 0.25) is 5.91 Å². The van der Waals surface area contributed by atoms with E-state index in [4.69, 9.17) is 11.6 Å². The number of amides is 1. The Morgan fingerprint density at radius 1 is 0.714 bits per heavy atom. The van der Waals surface area contributed by atoms with Crippen LogP contribution in [0.1, 0.15) is 28.7 Å². The van der Waals surface area contributed by atoms with Gasteiger partial charge in [0.15, 0.2) is 0 Å². The summed E-state index contributed by atoms with van der Waals surface area (Å²) < 4.78 is 0. The summed E-state index contributed by atoms with van der Waals surface area (Å²) >= 11 is 6.25. The molecule has 4 aromatic rings. The van der Waals surface area contributed by atoms with Crippen LogP contribution in [-0.2, 0) is 21.4 Å². The van der Waals surface area contributed by atoms with Crippen LogP contribution < -0.4 is 5.32 Å². The van der Waals surface area contributed by atoms with E-state index >= 15 is 0 Å². The quantitative estimate of drug-likeness (QED) is 0.292. The fourth-order valence-electron chi connectivity index (χ4n) is 4.54. The molecule has 0 aromatic heterocycles.